The van der Waals surface area contributed by atoms with Crippen molar-refractivity contribution in [2.75, 3.05) is 0 Å². The summed E-state index contributed by atoms with van der Waals surface area (Å²) in [7, 11) is 0. The minimum absolute atomic E-state index is 0.575. The van der Waals surface area contributed by atoms with Crippen molar-refractivity contribution in [3.8, 4) is 0 Å². The lowest BCUT2D eigenvalue weighted by Gasteiger charge is -2.15. The molecule has 5 heteroatoms. The number of rotatable bonds is 0. The molecule has 0 N–H and O–H groups in total. The van der Waals surface area contributed by atoms with Crippen LogP contribution in [0.15, 0.2) is 34.9 Å². The summed E-state index contributed by atoms with van der Waals surface area (Å²) in [5, 5.41) is 0.946. The Bertz CT molecular complexity index is 507. The summed E-state index contributed by atoms with van der Waals surface area (Å²) in [4.78, 5) is 4.23. The van der Waals surface area contributed by atoms with Crippen molar-refractivity contribution in [1.82, 2.24) is 4.98 Å². The summed E-state index contributed by atoms with van der Waals surface area (Å²) < 4.78 is -0.735. The lowest BCUT2D eigenvalue weighted by atomic mass is 10.1. The van der Waals surface area contributed by atoms with Gasteiger partial charge in [0.05, 0.1) is 5.52 Å². The van der Waals surface area contributed by atoms with Gasteiger partial charge in [0.15, 0.2) is 0 Å². The molecule has 0 fully saturated rings. The average molecular weight is 325 g/mol. The predicted octanol–water partition coefficient (Wildman–Crippen LogP) is 4.82. The van der Waals surface area contributed by atoms with Crippen LogP contribution in [0.25, 0.3) is 10.9 Å². The molecule has 0 aliphatic carbocycles. The van der Waals surface area contributed by atoms with E-state index >= 15 is 0 Å². The standard InChI is InChI=1S/C10H5BrCl3N/c11-7-4-3-6-2-1-5-15-9(6)8(7)10(12,13)14/h1-5H. The molecule has 1 aromatic heterocycles. The maximum Gasteiger partial charge on any atom is 0.219 e. The molecule has 1 nitrogen and oxygen atoms in total. The number of nitrogens with zero attached hydrogens (tertiary/aromatic N) is 1. The van der Waals surface area contributed by atoms with Crippen molar-refractivity contribution in [3.63, 3.8) is 0 Å². The van der Waals surface area contributed by atoms with Crippen molar-refractivity contribution >= 4 is 61.6 Å². The third-order valence-corrected chi connectivity index (χ3v) is 3.24. The second-order valence-corrected chi connectivity index (χ2v) is 6.13. The first-order chi connectivity index (χ1) is 7.00. The third kappa shape index (κ3) is 2.23. The quantitative estimate of drug-likeness (QED) is 0.633. The van der Waals surface area contributed by atoms with Crippen molar-refractivity contribution in [2.24, 2.45) is 0 Å². The van der Waals surface area contributed by atoms with Crippen molar-refractivity contribution in [1.29, 1.82) is 0 Å². The van der Waals surface area contributed by atoms with Crippen LogP contribution in [0.2, 0.25) is 0 Å². The molecule has 0 aliphatic heterocycles. The molecule has 0 aliphatic rings. The Morgan fingerprint density at radius 2 is 1.87 bits per heavy atom. The van der Waals surface area contributed by atoms with Crippen LogP contribution < -0.4 is 0 Å². The zero-order valence-corrected chi connectivity index (χ0v) is 11.2. The molecule has 0 radical (unpaired) electrons. The summed E-state index contributed by atoms with van der Waals surface area (Å²) in [6.07, 6.45) is 1.68. The van der Waals surface area contributed by atoms with E-state index in [1.54, 1.807) is 6.20 Å². The Labute approximate surface area is 110 Å². The molecule has 0 spiro atoms. The van der Waals surface area contributed by atoms with E-state index in [2.05, 4.69) is 20.9 Å². The Balaban J connectivity index is 2.86. The highest BCUT2D eigenvalue weighted by Crippen LogP contribution is 2.44. The minimum Gasteiger partial charge on any atom is -0.256 e. The molecule has 78 valence electrons. The number of benzene rings is 1. The molecule has 2 rings (SSSR count). The number of pyridine rings is 1. The fourth-order valence-corrected chi connectivity index (χ4v) is 2.92. The fourth-order valence-electron chi connectivity index (χ4n) is 1.39. The topological polar surface area (TPSA) is 12.9 Å². The van der Waals surface area contributed by atoms with Gasteiger partial charge in [-0.05, 0) is 12.1 Å². The zero-order valence-electron chi connectivity index (χ0n) is 7.35. The first kappa shape index (κ1) is 11.5. The monoisotopic (exact) mass is 323 g/mol. The van der Waals surface area contributed by atoms with E-state index in [0.29, 0.717) is 11.1 Å². The van der Waals surface area contributed by atoms with Gasteiger partial charge in [0.25, 0.3) is 0 Å². The van der Waals surface area contributed by atoms with Crippen molar-refractivity contribution in [2.45, 2.75) is 3.79 Å². The molecule has 0 saturated heterocycles. The highest BCUT2D eigenvalue weighted by atomic mass is 79.9. The molecular formula is C10H5BrCl3N. The van der Waals surface area contributed by atoms with Crippen molar-refractivity contribution < 1.29 is 0 Å². The minimum atomic E-state index is -1.48. The fraction of sp³-hybridized carbons (Fsp3) is 0.100. The number of alkyl halides is 3. The molecular weight excluding hydrogens is 320 g/mol. The Hall–Kier alpha value is -0.0200. The molecule has 0 bridgehead atoms. The summed E-state index contributed by atoms with van der Waals surface area (Å²) in [6, 6.07) is 7.54. The van der Waals surface area contributed by atoms with E-state index in [-0.39, 0.29) is 0 Å². The largest absolute Gasteiger partial charge is 0.256 e. The summed E-state index contributed by atoms with van der Waals surface area (Å²) >= 11 is 21.1. The predicted molar refractivity (Wildman–Crippen MR) is 68.7 cm³/mol. The first-order valence-corrected chi connectivity index (χ1v) is 6.03. The van der Waals surface area contributed by atoms with Gasteiger partial charge in [-0.25, -0.2) is 0 Å². The van der Waals surface area contributed by atoms with Crippen LogP contribution in [0.1, 0.15) is 5.56 Å². The van der Waals surface area contributed by atoms with E-state index in [4.69, 9.17) is 34.8 Å². The van der Waals surface area contributed by atoms with E-state index in [9.17, 15) is 0 Å². The van der Waals surface area contributed by atoms with Gasteiger partial charge in [-0.2, -0.15) is 0 Å². The summed E-state index contributed by atoms with van der Waals surface area (Å²) in [5.74, 6) is 0. The van der Waals surface area contributed by atoms with Gasteiger partial charge in [0.2, 0.25) is 3.79 Å². The van der Waals surface area contributed by atoms with E-state index < -0.39 is 3.79 Å². The van der Waals surface area contributed by atoms with Gasteiger partial charge in [0.1, 0.15) is 0 Å². The van der Waals surface area contributed by atoms with Crippen LogP contribution in [0.4, 0.5) is 0 Å². The van der Waals surface area contributed by atoms with Crippen LogP contribution in [0.3, 0.4) is 0 Å². The lowest BCUT2D eigenvalue weighted by Crippen LogP contribution is -2.03. The maximum absolute atomic E-state index is 5.90. The first-order valence-electron chi connectivity index (χ1n) is 4.10. The molecule has 1 heterocycles. The summed E-state index contributed by atoms with van der Waals surface area (Å²) in [5.41, 5.74) is 1.28. The molecule has 15 heavy (non-hydrogen) atoms. The van der Waals surface area contributed by atoms with Crippen LogP contribution in [0.5, 0.6) is 0 Å². The van der Waals surface area contributed by atoms with Gasteiger partial charge in [-0.1, -0.05) is 62.9 Å². The highest BCUT2D eigenvalue weighted by Gasteiger charge is 2.28. The molecule has 0 saturated carbocycles. The molecule has 1 aromatic carbocycles. The average Bonchev–Trinajstić information content (AvgIpc) is 2.15. The van der Waals surface area contributed by atoms with Gasteiger partial charge in [0, 0.05) is 21.6 Å². The number of hydrogen-bond donors (Lipinski definition) is 0. The molecule has 0 unspecified atom stereocenters. The van der Waals surface area contributed by atoms with Crippen LogP contribution in [-0.2, 0) is 3.79 Å². The van der Waals surface area contributed by atoms with Crippen LogP contribution in [0, 0.1) is 0 Å². The number of aromatic nitrogens is 1. The van der Waals surface area contributed by atoms with E-state index in [1.165, 1.54) is 0 Å². The van der Waals surface area contributed by atoms with Crippen LogP contribution in [-0.4, -0.2) is 4.98 Å². The highest BCUT2D eigenvalue weighted by molar-refractivity contribution is 9.10. The van der Waals surface area contributed by atoms with Gasteiger partial charge < -0.3 is 0 Å². The summed E-state index contributed by atoms with van der Waals surface area (Å²) in [6.45, 7) is 0. The lowest BCUT2D eigenvalue weighted by molar-refractivity contribution is 1.22. The second-order valence-electron chi connectivity index (χ2n) is 3.00. The normalized spacial score (nSPS) is 12.0. The SMILES string of the molecule is ClC(Cl)(Cl)c1c(Br)ccc2cccnc12. The Kier molecular flexibility index (Phi) is 3.13. The number of halogens is 4. The van der Waals surface area contributed by atoms with E-state index in [1.807, 2.05) is 24.3 Å². The Morgan fingerprint density at radius 1 is 1.13 bits per heavy atom. The second kappa shape index (κ2) is 4.10. The maximum atomic E-state index is 5.90. The Morgan fingerprint density at radius 3 is 2.53 bits per heavy atom. The van der Waals surface area contributed by atoms with Gasteiger partial charge in [-0.15, -0.1) is 0 Å². The van der Waals surface area contributed by atoms with Gasteiger partial charge in [-0.3, -0.25) is 4.98 Å². The molecule has 2 aromatic rings. The van der Waals surface area contributed by atoms with Gasteiger partial charge >= 0.3 is 0 Å². The number of fused-ring (bicyclic) bond motifs is 1. The molecule has 0 atom stereocenters. The van der Waals surface area contributed by atoms with E-state index in [0.717, 1.165) is 9.86 Å². The number of hydrogen-bond acceptors (Lipinski definition) is 1. The zero-order chi connectivity index (χ0) is 11.1. The third-order valence-electron chi connectivity index (χ3n) is 2.01. The molecule has 0 amide bonds. The smallest absolute Gasteiger partial charge is 0.219 e. The van der Waals surface area contributed by atoms with Crippen LogP contribution >= 0.6 is 50.7 Å². The van der Waals surface area contributed by atoms with Crippen molar-refractivity contribution in [3.05, 3.63) is 40.5 Å².